The number of hydrogen-bond acceptors (Lipinski definition) is 7. The van der Waals surface area contributed by atoms with Gasteiger partial charge in [0.1, 0.15) is 12.1 Å². The van der Waals surface area contributed by atoms with Crippen molar-refractivity contribution < 1.29 is 13.2 Å². The lowest BCUT2D eigenvalue weighted by Gasteiger charge is -2.35. The number of amides is 1. The van der Waals surface area contributed by atoms with Crippen LogP contribution in [0.15, 0.2) is 36.8 Å². The first-order chi connectivity index (χ1) is 14.9. The zero-order valence-electron chi connectivity index (χ0n) is 17.2. The summed E-state index contributed by atoms with van der Waals surface area (Å²) in [7, 11) is -1.43. The molecular weight excluding hydrogens is 418 g/mol. The van der Waals surface area contributed by atoms with Crippen LogP contribution in [0, 0.1) is 0 Å². The van der Waals surface area contributed by atoms with Crippen LogP contribution < -0.4 is 9.21 Å². The van der Waals surface area contributed by atoms with Crippen molar-refractivity contribution in [3.63, 3.8) is 0 Å². The summed E-state index contributed by atoms with van der Waals surface area (Å²) < 4.78 is 27.6. The molecule has 0 N–H and O–H groups in total. The molecule has 11 heteroatoms. The summed E-state index contributed by atoms with van der Waals surface area (Å²) in [6.07, 6.45) is 3.91. The number of fused-ring (bicyclic) bond motifs is 1. The van der Waals surface area contributed by atoms with Crippen molar-refractivity contribution in [1.29, 1.82) is 0 Å². The van der Waals surface area contributed by atoms with E-state index in [1.165, 1.54) is 10.6 Å². The van der Waals surface area contributed by atoms with E-state index in [4.69, 9.17) is 0 Å². The van der Waals surface area contributed by atoms with E-state index in [1.54, 1.807) is 40.0 Å². The fourth-order valence-electron chi connectivity index (χ4n) is 4.23. The van der Waals surface area contributed by atoms with Gasteiger partial charge in [0.25, 0.3) is 5.91 Å². The molecule has 2 aromatic heterocycles. The SMILES string of the molecule is Cn1ncc2c(N3CCN(C(=O)c4cccc(N5CCCS5(=O)=O)c4)CC3)ncnc21. The minimum Gasteiger partial charge on any atom is -0.352 e. The van der Waals surface area contributed by atoms with Gasteiger partial charge in [0.05, 0.1) is 23.0 Å². The Balaban J connectivity index is 1.31. The molecule has 5 rings (SSSR count). The lowest BCUT2D eigenvalue weighted by Crippen LogP contribution is -2.49. The fraction of sp³-hybridized carbons (Fsp3) is 0.400. The number of aryl methyl sites for hydroxylation is 1. The molecule has 0 aliphatic carbocycles. The largest absolute Gasteiger partial charge is 0.352 e. The molecule has 10 nitrogen and oxygen atoms in total. The fourth-order valence-corrected chi connectivity index (χ4v) is 5.79. The van der Waals surface area contributed by atoms with Crippen LogP contribution in [0.2, 0.25) is 0 Å². The second-order valence-electron chi connectivity index (χ2n) is 7.77. The maximum atomic E-state index is 13.1. The van der Waals surface area contributed by atoms with Crippen molar-refractivity contribution in [1.82, 2.24) is 24.6 Å². The summed E-state index contributed by atoms with van der Waals surface area (Å²) in [6.45, 7) is 2.86. The lowest BCUT2D eigenvalue weighted by molar-refractivity contribution is 0.0746. The first kappa shape index (κ1) is 19.7. The van der Waals surface area contributed by atoms with E-state index in [1.807, 2.05) is 7.05 Å². The molecule has 0 bridgehead atoms. The number of sulfonamides is 1. The molecule has 4 heterocycles. The number of carbonyl (C=O) groups excluding carboxylic acids is 1. The zero-order chi connectivity index (χ0) is 21.6. The summed E-state index contributed by atoms with van der Waals surface area (Å²) >= 11 is 0. The van der Waals surface area contributed by atoms with Crippen molar-refractivity contribution in [3.05, 3.63) is 42.4 Å². The predicted molar refractivity (Wildman–Crippen MR) is 117 cm³/mol. The quantitative estimate of drug-likeness (QED) is 0.594. The maximum Gasteiger partial charge on any atom is 0.254 e. The van der Waals surface area contributed by atoms with Gasteiger partial charge in [-0.3, -0.25) is 13.8 Å². The molecule has 2 fully saturated rings. The predicted octanol–water partition coefficient (Wildman–Crippen LogP) is 0.866. The number of benzene rings is 1. The molecule has 3 aromatic rings. The van der Waals surface area contributed by atoms with Crippen LogP contribution in [0.25, 0.3) is 11.0 Å². The van der Waals surface area contributed by atoms with E-state index in [0.29, 0.717) is 50.4 Å². The molecule has 0 spiro atoms. The summed E-state index contributed by atoms with van der Waals surface area (Å²) in [5.74, 6) is 0.888. The topological polar surface area (TPSA) is 105 Å². The third-order valence-electron chi connectivity index (χ3n) is 5.86. The van der Waals surface area contributed by atoms with Gasteiger partial charge in [0.2, 0.25) is 10.0 Å². The van der Waals surface area contributed by atoms with Crippen molar-refractivity contribution in [3.8, 4) is 0 Å². The summed E-state index contributed by atoms with van der Waals surface area (Å²) in [5, 5.41) is 5.15. The Hall–Kier alpha value is -3.21. The average Bonchev–Trinajstić information content (AvgIpc) is 3.35. The van der Waals surface area contributed by atoms with Crippen LogP contribution >= 0.6 is 0 Å². The number of aromatic nitrogens is 4. The monoisotopic (exact) mass is 441 g/mol. The number of anilines is 2. The number of nitrogens with zero attached hydrogens (tertiary/aromatic N) is 7. The highest BCUT2D eigenvalue weighted by molar-refractivity contribution is 7.93. The zero-order valence-corrected chi connectivity index (χ0v) is 18.0. The Morgan fingerprint density at radius 1 is 1.06 bits per heavy atom. The van der Waals surface area contributed by atoms with Crippen LogP contribution in [0.5, 0.6) is 0 Å². The van der Waals surface area contributed by atoms with E-state index in [9.17, 15) is 13.2 Å². The molecule has 1 amide bonds. The molecule has 31 heavy (non-hydrogen) atoms. The van der Waals surface area contributed by atoms with Gasteiger partial charge in [-0.2, -0.15) is 5.10 Å². The van der Waals surface area contributed by atoms with Crippen LogP contribution in [0.1, 0.15) is 16.8 Å². The van der Waals surface area contributed by atoms with Gasteiger partial charge in [-0.25, -0.2) is 18.4 Å². The number of hydrogen-bond donors (Lipinski definition) is 0. The third-order valence-corrected chi connectivity index (χ3v) is 7.72. The van der Waals surface area contributed by atoms with E-state index < -0.39 is 10.0 Å². The molecule has 2 saturated heterocycles. The van der Waals surface area contributed by atoms with Gasteiger partial charge >= 0.3 is 0 Å². The summed E-state index contributed by atoms with van der Waals surface area (Å²) in [5.41, 5.74) is 1.84. The Labute approximate surface area is 180 Å². The highest BCUT2D eigenvalue weighted by atomic mass is 32.2. The van der Waals surface area contributed by atoms with Crippen molar-refractivity contribution >= 4 is 38.5 Å². The Bertz CT molecular complexity index is 1250. The second kappa shape index (κ2) is 7.49. The Kier molecular flexibility index (Phi) is 4.77. The van der Waals surface area contributed by atoms with E-state index in [-0.39, 0.29) is 11.7 Å². The van der Waals surface area contributed by atoms with Gasteiger partial charge in [-0.15, -0.1) is 0 Å². The standard InChI is InChI=1S/C20H23N7O3S/c1-24-18-17(13-23-24)19(22-14-21-18)25-7-9-26(10-8-25)20(28)15-4-2-5-16(12-15)27-6-3-11-31(27,29)30/h2,4-5,12-14H,3,6-11H2,1H3. The number of rotatable bonds is 3. The molecule has 162 valence electrons. The van der Waals surface area contributed by atoms with Crippen molar-refractivity contribution in [2.24, 2.45) is 7.05 Å². The molecule has 0 radical (unpaired) electrons. The minimum atomic E-state index is -3.28. The van der Waals surface area contributed by atoms with Crippen LogP contribution in [-0.4, -0.2) is 77.4 Å². The lowest BCUT2D eigenvalue weighted by atomic mass is 10.1. The van der Waals surface area contributed by atoms with Crippen LogP contribution in [0.3, 0.4) is 0 Å². The second-order valence-corrected chi connectivity index (χ2v) is 9.79. The van der Waals surface area contributed by atoms with Crippen molar-refractivity contribution in [2.45, 2.75) is 6.42 Å². The van der Waals surface area contributed by atoms with Crippen LogP contribution in [-0.2, 0) is 17.1 Å². The van der Waals surface area contributed by atoms with Crippen LogP contribution in [0.4, 0.5) is 11.5 Å². The van der Waals surface area contributed by atoms with Gasteiger partial charge in [0.15, 0.2) is 5.65 Å². The first-order valence-corrected chi connectivity index (χ1v) is 11.8. The molecule has 2 aliphatic heterocycles. The van der Waals surface area contributed by atoms with Gasteiger partial charge < -0.3 is 9.80 Å². The molecular formula is C20H23N7O3S. The summed E-state index contributed by atoms with van der Waals surface area (Å²) in [4.78, 5) is 25.7. The minimum absolute atomic E-state index is 0.0905. The third kappa shape index (κ3) is 3.48. The first-order valence-electron chi connectivity index (χ1n) is 10.2. The Morgan fingerprint density at radius 2 is 1.87 bits per heavy atom. The highest BCUT2D eigenvalue weighted by Gasteiger charge is 2.30. The molecule has 1 aromatic carbocycles. The number of piperazine rings is 1. The summed E-state index contributed by atoms with van der Waals surface area (Å²) in [6, 6.07) is 6.91. The molecule has 0 atom stereocenters. The van der Waals surface area contributed by atoms with E-state index in [0.717, 1.165) is 16.9 Å². The highest BCUT2D eigenvalue weighted by Crippen LogP contribution is 2.26. The van der Waals surface area contributed by atoms with Gasteiger partial charge in [0, 0.05) is 45.3 Å². The maximum absolute atomic E-state index is 13.1. The normalized spacial score (nSPS) is 18.7. The van der Waals surface area contributed by atoms with E-state index in [2.05, 4.69) is 20.0 Å². The molecule has 0 unspecified atom stereocenters. The number of carbonyl (C=O) groups is 1. The smallest absolute Gasteiger partial charge is 0.254 e. The van der Waals surface area contributed by atoms with E-state index >= 15 is 0 Å². The van der Waals surface area contributed by atoms with Crippen molar-refractivity contribution in [2.75, 3.05) is 47.7 Å². The average molecular weight is 442 g/mol. The van der Waals surface area contributed by atoms with Gasteiger partial charge in [-0.1, -0.05) is 6.07 Å². The Morgan fingerprint density at radius 3 is 2.61 bits per heavy atom. The van der Waals surface area contributed by atoms with Gasteiger partial charge in [-0.05, 0) is 24.6 Å². The molecule has 2 aliphatic rings. The molecule has 0 saturated carbocycles.